The van der Waals surface area contributed by atoms with Gasteiger partial charge in [0, 0.05) is 25.6 Å². The lowest BCUT2D eigenvalue weighted by Crippen LogP contribution is -2.45. The molecular weight excluding hydrogens is 354 g/mol. The Balaban J connectivity index is 2.16. The van der Waals surface area contributed by atoms with Crippen molar-refractivity contribution in [3.63, 3.8) is 0 Å². The van der Waals surface area contributed by atoms with Crippen molar-refractivity contribution in [2.24, 2.45) is 0 Å². The molecule has 1 heterocycles. The highest BCUT2D eigenvalue weighted by Gasteiger charge is 2.37. The Hall–Kier alpha value is -2.06. The normalized spacial score (nSPS) is 16.4. The molecule has 0 saturated carbocycles. The summed E-state index contributed by atoms with van der Waals surface area (Å²) in [5.41, 5.74) is -0.0936. The minimum Gasteiger partial charge on any atom is -0.505 e. The number of likely N-dealkylation sites (N-methyl/N-ethyl adjacent to an activating group) is 1. The molecule has 1 aliphatic rings. The van der Waals surface area contributed by atoms with Gasteiger partial charge in [0.25, 0.3) is 15.9 Å². The van der Waals surface area contributed by atoms with Crippen molar-refractivity contribution in [2.75, 3.05) is 40.3 Å². The van der Waals surface area contributed by atoms with Crippen LogP contribution in [-0.2, 0) is 14.8 Å². The molecule has 0 spiro atoms. The molecule has 2 rings (SSSR count). The number of rotatable bonds is 7. The summed E-state index contributed by atoms with van der Waals surface area (Å²) >= 11 is 0. The van der Waals surface area contributed by atoms with Gasteiger partial charge in [-0.05, 0) is 26.0 Å². The molecule has 1 amide bonds. The highest BCUT2D eigenvalue weighted by Crippen LogP contribution is 2.34. The van der Waals surface area contributed by atoms with Gasteiger partial charge in [0.05, 0.1) is 31.6 Å². The number of hydrogen-bond donors (Lipinski definition) is 2. The van der Waals surface area contributed by atoms with E-state index in [0.29, 0.717) is 6.54 Å². The van der Waals surface area contributed by atoms with Gasteiger partial charge >= 0.3 is 0 Å². The van der Waals surface area contributed by atoms with E-state index in [9.17, 15) is 18.3 Å². The summed E-state index contributed by atoms with van der Waals surface area (Å²) in [6.45, 7) is 7.60. The summed E-state index contributed by atoms with van der Waals surface area (Å²) in [7, 11) is -0.420. The van der Waals surface area contributed by atoms with Gasteiger partial charge in [0.2, 0.25) is 0 Å². The van der Waals surface area contributed by atoms with E-state index in [1.807, 2.05) is 0 Å². The molecule has 1 aromatic rings. The van der Waals surface area contributed by atoms with Crippen molar-refractivity contribution in [2.45, 2.75) is 25.2 Å². The van der Waals surface area contributed by atoms with Crippen LogP contribution in [0.1, 0.15) is 25.8 Å². The SMILES string of the molecule is CC[N+](C)(CC)CCCNC(=O)C1=C(O)c2ccccc2S(=O)(=O)N1C. The second-order valence-electron chi connectivity index (χ2n) is 6.75. The Kier molecular flexibility index (Phi) is 5.98. The Labute approximate surface area is 155 Å². The summed E-state index contributed by atoms with van der Waals surface area (Å²) < 4.78 is 27.0. The zero-order valence-electron chi connectivity index (χ0n) is 15.8. The number of aliphatic hydroxyl groups is 1. The van der Waals surface area contributed by atoms with Crippen LogP contribution >= 0.6 is 0 Å². The summed E-state index contributed by atoms with van der Waals surface area (Å²) in [6, 6.07) is 6.12. The van der Waals surface area contributed by atoms with Crippen LogP contribution in [0.4, 0.5) is 0 Å². The number of nitrogens with one attached hydrogen (secondary N) is 1. The van der Waals surface area contributed by atoms with Crippen molar-refractivity contribution in [3.05, 3.63) is 35.5 Å². The maximum absolute atomic E-state index is 12.6. The van der Waals surface area contributed by atoms with Gasteiger partial charge in [-0.2, -0.15) is 0 Å². The molecule has 0 aliphatic carbocycles. The van der Waals surface area contributed by atoms with Crippen molar-refractivity contribution in [1.82, 2.24) is 9.62 Å². The van der Waals surface area contributed by atoms with Gasteiger partial charge in [-0.1, -0.05) is 12.1 Å². The monoisotopic (exact) mass is 382 g/mol. The Morgan fingerprint density at radius 1 is 1.23 bits per heavy atom. The van der Waals surface area contributed by atoms with Crippen LogP contribution in [0.15, 0.2) is 34.9 Å². The van der Waals surface area contributed by atoms with E-state index in [0.717, 1.165) is 34.8 Å². The van der Waals surface area contributed by atoms with E-state index in [1.54, 1.807) is 12.1 Å². The molecule has 0 saturated heterocycles. The molecule has 0 aromatic heterocycles. The topological polar surface area (TPSA) is 86.7 Å². The zero-order chi connectivity index (χ0) is 19.5. The molecule has 0 radical (unpaired) electrons. The third-order valence-corrected chi connectivity index (χ3v) is 7.04. The average molecular weight is 383 g/mol. The van der Waals surface area contributed by atoms with Gasteiger partial charge in [-0.3, -0.25) is 9.10 Å². The maximum Gasteiger partial charge on any atom is 0.272 e. The van der Waals surface area contributed by atoms with Crippen LogP contribution in [0, 0.1) is 0 Å². The number of quaternary nitrogens is 1. The molecule has 1 aromatic carbocycles. The quantitative estimate of drug-likeness (QED) is 0.553. The van der Waals surface area contributed by atoms with Crippen molar-refractivity contribution < 1.29 is 22.8 Å². The second-order valence-corrected chi connectivity index (χ2v) is 8.69. The molecule has 0 bridgehead atoms. The molecule has 2 N–H and O–H groups in total. The number of amides is 1. The molecule has 144 valence electrons. The number of hydrogen-bond acceptors (Lipinski definition) is 4. The average Bonchev–Trinajstić information content (AvgIpc) is 2.64. The van der Waals surface area contributed by atoms with Gasteiger partial charge in [-0.15, -0.1) is 0 Å². The Bertz CT molecular complexity index is 813. The summed E-state index contributed by atoms with van der Waals surface area (Å²) in [4.78, 5) is 12.5. The Morgan fingerprint density at radius 3 is 2.46 bits per heavy atom. The van der Waals surface area contributed by atoms with E-state index >= 15 is 0 Å². The summed E-state index contributed by atoms with van der Waals surface area (Å²) in [5, 5.41) is 13.2. The number of nitrogens with zero attached hydrogens (tertiary/aromatic N) is 2. The fraction of sp³-hybridized carbons (Fsp3) is 0.500. The lowest BCUT2D eigenvalue weighted by Gasteiger charge is -2.32. The van der Waals surface area contributed by atoms with Crippen molar-refractivity contribution >= 4 is 21.7 Å². The van der Waals surface area contributed by atoms with Crippen molar-refractivity contribution in [1.29, 1.82) is 0 Å². The number of carbonyl (C=O) groups excluding carboxylic acids is 1. The lowest BCUT2D eigenvalue weighted by atomic mass is 10.1. The molecule has 7 nitrogen and oxygen atoms in total. The van der Waals surface area contributed by atoms with E-state index in [4.69, 9.17) is 0 Å². The van der Waals surface area contributed by atoms with Gasteiger partial charge in [0.1, 0.15) is 0 Å². The highest BCUT2D eigenvalue weighted by molar-refractivity contribution is 7.89. The molecule has 1 aliphatic heterocycles. The minimum absolute atomic E-state index is 0.00416. The van der Waals surface area contributed by atoms with E-state index < -0.39 is 15.9 Å². The van der Waals surface area contributed by atoms with Crippen LogP contribution < -0.4 is 5.32 Å². The van der Waals surface area contributed by atoms with E-state index in [1.165, 1.54) is 19.2 Å². The fourth-order valence-corrected chi connectivity index (χ4v) is 4.37. The van der Waals surface area contributed by atoms with Gasteiger partial charge < -0.3 is 14.9 Å². The molecule has 0 unspecified atom stereocenters. The largest absolute Gasteiger partial charge is 0.505 e. The highest BCUT2D eigenvalue weighted by atomic mass is 32.2. The first-order chi connectivity index (χ1) is 12.2. The number of sulfonamides is 1. The zero-order valence-corrected chi connectivity index (χ0v) is 16.6. The summed E-state index contributed by atoms with van der Waals surface area (Å²) in [6.07, 6.45) is 0.769. The molecular formula is C18H28N3O4S+. The number of fused-ring (bicyclic) bond motifs is 1. The van der Waals surface area contributed by atoms with E-state index in [-0.39, 0.29) is 21.9 Å². The first kappa shape index (κ1) is 20.3. The van der Waals surface area contributed by atoms with E-state index in [2.05, 4.69) is 26.2 Å². The van der Waals surface area contributed by atoms with Gasteiger partial charge in [0.15, 0.2) is 11.5 Å². The second kappa shape index (κ2) is 7.67. The summed E-state index contributed by atoms with van der Waals surface area (Å²) in [5.74, 6) is -0.913. The molecule has 0 atom stereocenters. The van der Waals surface area contributed by atoms with Crippen LogP contribution in [0.25, 0.3) is 5.76 Å². The number of benzene rings is 1. The fourth-order valence-electron chi connectivity index (χ4n) is 2.97. The number of aliphatic hydroxyl groups excluding tert-OH is 1. The van der Waals surface area contributed by atoms with Crippen LogP contribution in [-0.4, -0.2) is 68.5 Å². The van der Waals surface area contributed by atoms with Crippen LogP contribution in [0.2, 0.25) is 0 Å². The molecule has 8 heteroatoms. The third kappa shape index (κ3) is 3.71. The molecule has 26 heavy (non-hydrogen) atoms. The van der Waals surface area contributed by atoms with Crippen LogP contribution in [0.5, 0.6) is 0 Å². The number of carbonyl (C=O) groups is 1. The Morgan fingerprint density at radius 2 is 1.85 bits per heavy atom. The predicted molar refractivity (Wildman–Crippen MR) is 101 cm³/mol. The maximum atomic E-state index is 12.6. The minimum atomic E-state index is -3.86. The van der Waals surface area contributed by atoms with Crippen molar-refractivity contribution in [3.8, 4) is 0 Å². The standard InChI is InChI=1S/C18H27N3O4S/c1-5-21(4,6-2)13-9-12-19-18(23)16-17(22)14-10-7-8-11-15(14)26(24,25)20(16)3/h7-8,10-11H,5-6,9,12-13H2,1-4H3,(H-,19,22,23)/p+1. The third-order valence-electron chi connectivity index (χ3n) is 5.22. The first-order valence-corrected chi connectivity index (χ1v) is 10.2. The molecule has 0 fully saturated rings. The first-order valence-electron chi connectivity index (χ1n) is 8.81. The lowest BCUT2D eigenvalue weighted by molar-refractivity contribution is -0.906. The van der Waals surface area contributed by atoms with Gasteiger partial charge in [-0.25, -0.2) is 8.42 Å². The smallest absolute Gasteiger partial charge is 0.272 e. The predicted octanol–water partition coefficient (Wildman–Crippen LogP) is 1.54. The van der Waals surface area contributed by atoms with Crippen LogP contribution in [0.3, 0.4) is 0 Å².